The van der Waals surface area contributed by atoms with Gasteiger partial charge < -0.3 is 15.2 Å². The number of H-pyrrole nitrogens is 2. The van der Waals surface area contributed by atoms with Gasteiger partial charge in [-0.1, -0.05) is 0 Å². The van der Waals surface area contributed by atoms with Crippen molar-refractivity contribution in [2.24, 2.45) is 0 Å². The van der Waals surface area contributed by atoms with Crippen molar-refractivity contribution in [3.8, 4) is 0 Å². The van der Waals surface area contributed by atoms with E-state index in [0.717, 1.165) is 25.7 Å². The predicted octanol–water partition coefficient (Wildman–Crippen LogP) is -0.334. The molecule has 0 aromatic carbocycles. The average molecular weight is 280 g/mol. The van der Waals surface area contributed by atoms with E-state index in [-0.39, 0.29) is 17.5 Å². The number of rotatable bonds is 3. The van der Waals surface area contributed by atoms with E-state index < -0.39 is 11.2 Å². The van der Waals surface area contributed by atoms with E-state index in [1.54, 1.807) is 11.9 Å². The number of aromatic nitrogens is 2. The van der Waals surface area contributed by atoms with Crippen molar-refractivity contribution in [1.82, 2.24) is 20.2 Å². The van der Waals surface area contributed by atoms with Gasteiger partial charge >= 0.3 is 5.69 Å². The fourth-order valence-electron chi connectivity index (χ4n) is 2.68. The normalized spacial score (nSPS) is 22.5. The van der Waals surface area contributed by atoms with Crippen LogP contribution < -0.4 is 16.6 Å². The van der Waals surface area contributed by atoms with Crippen molar-refractivity contribution >= 4 is 5.91 Å². The zero-order valence-electron chi connectivity index (χ0n) is 11.7. The van der Waals surface area contributed by atoms with Crippen LogP contribution in [0, 0.1) is 0 Å². The molecule has 0 saturated heterocycles. The number of nitrogens with one attached hydrogen (secondary N) is 3. The Morgan fingerprint density at radius 1 is 1.30 bits per heavy atom. The summed E-state index contributed by atoms with van der Waals surface area (Å²) in [7, 11) is 3.65. The van der Waals surface area contributed by atoms with E-state index >= 15 is 0 Å². The number of amides is 1. The number of hydrogen-bond acceptors (Lipinski definition) is 4. The Kier molecular flexibility index (Phi) is 4.39. The monoisotopic (exact) mass is 280 g/mol. The lowest BCUT2D eigenvalue weighted by atomic mass is 9.90. The minimum Gasteiger partial charge on any atom is -0.339 e. The van der Waals surface area contributed by atoms with Gasteiger partial charge in [-0.3, -0.25) is 14.6 Å². The minimum atomic E-state index is -0.644. The Morgan fingerprint density at radius 2 is 1.95 bits per heavy atom. The minimum absolute atomic E-state index is 0.0251. The summed E-state index contributed by atoms with van der Waals surface area (Å²) < 4.78 is 0. The highest BCUT2D eigenvalue weighted by Gasteiger charge is 2.27. The Morgan fingerprint density at radius 3 is 2.50 bits per heavy atom. The second-order valence-corrected chi connectivity index (χ2v) is 5.20. The maximum Gasteiger partial charge on any atom is 0.325 e. The third-order valence-electron chi connectivity index (χ3n) is 4.02. The summed E-state index contributed by atoms with van der Waals surface area (Å²) in [5.41, 5.74) is -1.28. The SMILES string of the molecule is CNC1CCC(N(C)C(=O)c2c[nH]c(=O)[nH]c2=O)CC1. The molecule has 0 radical (unpaired) electrons. The third kappa shape index (κ3) is 2.98. The van der Waals surface area contributed by atoms with E-state index in [9.17, 15) is 14.4 Å². The van der Waals surface area contributed by atoms with Gasteiger partial charge in [0.05, 0.1) is 0 Å². The van der Waals surface area contributed by atoms with Gasteiger partial charge in [0.2, 0.25) is 0 Å². The highest BCUT2D eigenvalue weighted by Crippen LogP contribution is 2.22. The summed E-state index contributed by atoms with van der Waals surface area (Å²) in [5, 5.41) is 3.24. The first kappa shape index (κ1) is 14.5. The summed E-state index contributed by atoms with van der Waals surface area (Å²) in [4.78, 5) is 40.9. The molecule has 0 atom stereocenters. The molecule has 0 spiro atoms. The molecule has 0 aliphatic heterocycles. The molecular formula is C13H20N4O3. The molecule has 110 valence electrons. The maximum atomic E-state index is 12.3. The first-order valence-corrected chi connectivity index (χ1v) is 6.79. The predicted molar refractivity (Wildman–Crippen MR) is 74.9 cm³/mol. The van der Waals surface area contributed by atoms with Crippen molar-refractivity contribution in [3.05, 3.63) is 32.6 Å². The van der Waals surface area contributed by atoms with Crippen molar-refractivity contribution in [2.75, 3.05) is 14.1 Å². The number of carbonyl (C=O) groups excluding carboxylic acids is 1. The van der Waals surface area contributed by atoms with E-state index in [4.69, 9.17) is 0 Å². The van der Waals surface area contributed by atoms with E-state index in [0.29, 0.717) is 6.04 Å². The van der Waals surface area contributed by atoms with Crippen molar-refractivity contribution in [1.29, 1.82) is 0 Å². The van der Waals surface area contributed by atoms with Gasteiger partial charge in [-0.15, -0.1) is 0 Å². The van der Waals surface area contributed by atoms with Gasteiger partial charge in [-0.2, -0.15) is 0 Å². The molecule has 1 aromatic heterocycles. The molecule has 1 heterocycles. The molecule has 1 saturated carbocycles. The molecule has 7 nitrogen and oxygen atoms in total. The molecule has 3 N–H and O–H groups in total. The highest BCUT2D eigenvalue weighted by atomic mass is 16.2. The third-order valence-corrected chi connectivity index (χ3v) is 4.02. The lowest BCUT2D eigenvalue weighted by Crippen LogP contribution is -2.44. The van der Waals surface area contributed by atoms with E-state index in [1.165, 1.54) is 6.20 Å². The fraction of sp³-hybridized carbons (Fsp3) is 0.615. The van der Waals surface area contributed by atoms with Crippen LogP contribution in [-0.4, -0.2) is 47.0 Å². The van der Waals surface area contributed by atoms with Crippen LogP contribution in [0.15, 0.2) is 15.8 Å². The molecule has 0 unspecified atom stereocenters. The topological polar surface area (TPSA) is 98.1 Å². The standard InChI is InChI=1S/C13H20N4O3/c1-14-8-3-5-9(6-4-8)17(2)12(19)10-7-15-13(20)16-11(10)18/h7-9,14H,3-6H2,1-2H3,(H2,15,16,18,20). The van der Waals surface area contributed by atoms with Gasteiger partial charge in [-0.25, -0.2) is 4.79 Å². The molecule has 20 heavy (non-hydrogen) atoms. The fourth-order valence-corrected chi connectivity index (χ4v) is 2.68. The second-order valence-electron chi connectivity index (χ2n) is 5.20. The van der Waals surface area contributed by atoms with Gasteiger partial charge in [0, 0.05) is 25.3 Å². The zero-order chi connectivity index (χ0) is 14.7. The van der Waals surface area contributed by atoms with E-state index in [1.807, 2.05) is 7.05 Å². The lowest BCUT2D eigenvalue weighted by molar-refractivity contribution is 0.0683. The van der Waals surface area contributed by atoms with Crippen molar-refractivity contribution in [2.45, 2.75) is 37.8 Å². The van der Waals surface area contributed by atoms with Crippen LogP contribution in [0.1, 0.15) is 36.0 Å². The van der Waals surface area contributed by atoms with Crippen LogP contribution in [0.2, 0.25) is 0 Å². The number of carbonyl (C=O) groups is 1. The smallest absolute Gasteiger partial charge is 0.325 e. The molecule has 1 fully saturated rings. The first-order chi connectivity index (χ1) is 9.52. The Hall–Kier alpha value is -1.89. The van der Waals surface area contributed by atoms with Crippen LogP contribution in [-0.2, 0) is 0 Å². The number of hydrogen-bond donors (Lipinski definition) is 3. The van der Waals surface area contributed by atoms with Crippen LogP contribution >= 0.6 is 0 Å². The van der Waals surface area contributed by atoms with Gasteiger partial charge in [0.15, 0.2) is 0 Å². The quantitative estimate of drug-likeness (QED) is 0.706. The van der Waals surface area contributed by atoms with Crippen molar-refractivity contribution in [3.63, 3.8) is 0 Å². The van der Waals surface area contributed by atoms with Crippen LogP contribution in [0.5, 0.6) is 0 Å². The molecule has 1 amide bonds. The van der Waals surface area contributed by atoms with Gasteiger partial charge in [0.25, 0.3) is 11.5 Å². The molecule has 1 aliphatic carbocycles. The second kappa shape index (κ2) is 6.04. The van der Waals surface area contributed by atoms with Crippen LogP contribution in [0.3, 0.4) is 0 Å². The molecule has 2 rings (SSSR count). The highest BCUT2D eigenvalue weighted by molar-refractivity contribution is 5.93. The molecule has 1 aromatic rings. The zero-order valence-corrected chi connectivity index (χ0v) is 11.7. The molecule has 7 heteroatoms. The largest absolute Gasteiger partial charge is 0.339 e. The maximum absolute atomic E-state index is 12.3. The number of aromatic amines is 2. The van der Waals surface area contributed by atoms with Gasteiger partial charge in [0.1, 0.15) is 5.56 Å². The van der Waals surface area contributed by atoms with Crippen molar-refractivity contribution < 1.29 is 4.79 Å². The van der Waals surface area contributed by atoms with E-state index in [2.05, 4.69) is 15.3 Å². The first-order valence-electron chi connectivity index (χ1n) is 6.79. The molecule has 1 aliphatic rings. The summed E-state index contributed by atoms with van der Waals surface area (Å²) in [6, 6.07) is 0.643. The Labute approximate surface area is 116 Å². The summed E-state index contributed by atoms with van der Waals surface area (Å²) in [6.07, 6.45) is 5.03. The van der Waals surface area contributed by atoms with Gasteiger partial charge in [-0.05, 0) is 32.7 Å². The Bertz CT molecular complexity index is 584. The molecular weight excluding hydrogens is 260 g/mol. The Balaban J connectivity index is 2.09. The summed E-state index contributed by atoms with van der Waals surface area (Å²) in [6.45, 7) is 0. The summed E-state index contributed by atoms with van der Waals surface area (Å²) >= 11 is 0. The number of nitrogens with zero attached hydrogens (tertiary/aromatic N) is 1. The van der Waals surface area contributed by atoms with Crippen LogP contribution in [0.4, 0.5) is 0 Å². The van der Waals surface area contributed by atoms with Crippen LogP contribution in [0.25, 0.3) is 0 Å². The summed E-state index contributed by atoms with van der Waals surface area (Å²) in [5.74, 6) is -0.351. The average Bonchev–Trinajstić information content (AvgIpc) is 2.46. The molecule has 0 bridgehead atoms. The lowest BCUT2D eigenvalue weighted by Gasteiger charge is -2.34.